The molecular formula is C13H14N2O2. The summed E-state index contributed by atoms with van der Waals surface area (Å²) in [4.78, 5) is 15.2. The van der Waals surface area contributed by atoms with Crippen LogP contribution in [0.2, 0.25) is 0 Å². The summed E-state index contributed by atoms with van der Waals surface area (Å²) >= 11 is 0. The summed E-state index contributed by atoms with van der Waals surface area (Å²) in [5.41, 5.74) is 6.27. The molecule has 1 unspecified atom stereocenters. The van der Waals surface area contributed by atoms with E-state index in [4.69, 9.17) is 10.8 Å². The number of hydrogen-bond donors (Lipinski definition) is 2. The quantitative estimate of drug-likeness (QED) is 0.839. The molecule has 0 amide bonds. The molecule has 4 nitrogen and oxygen atoms in total. The van der Waals surface area contributed by atoms with E-state index in [2.05, 4.69) is 4.98 Å². The van der Waals surface area contributed by atoms with Gasteiger partial charge in [-0.1, -0.05) is 12.1 Å². The van der Waals surface area contributed by atoms with Crippen LogP contribution in [0.25, 0.3) is 10.9 Å². The van der Waals surface area contributed by atoms with Crippen molar-refractivity contribution in [3.05, 3.63) is 42.1 Å². The predicted molar refractivity (Wildman–Crippen MR) is 65.7 cm³/mol. The van der Waals surface area contributed by atoms with Gasteiger partial charge < -0.3 is 10.8 Å². The third-order valence-electron chi connectivity index (χ3n) is 2.73. The standard InChI is InChI=1S/C13H14N2O2/c1-13(14,12(16)17)8-9-4-5-11-10(7-9)3-2-6-15-11/h2-7H,8,14H2,1H3,(H,16,17). The van der Waals surface area contributed by atoms with E-state index in [1.54, 1.807) is 6.20 Å². The number of rotatable bonds is 3. The van der Waals surface area contributed by atoms with Crippen LogP contribution in [0.1, 0.15) is 12.5 Å². The SMILES string of the molecule is CC(N)(Cc1ccc2ncccc2c1)C(=O)O. The zero-order valence-corrected chi connectivity index (χ0v) is 9.55. The van der Waals surface area contributed by atoms with E-state index in [-0.39, 0.29) is 0 Å². The summed E-state index contributed by atoms with van der Waals surface area (Å²) in [7, 11) is 0. The molecule has 1 aromatic carbocycles. The lowest BCUT2D eigenvalue weighted by Gasteiger charge is -2.19. The first-order valence-electron chi connectivity index (χ1n) is 5.35. The fourth-order valence-electron chi connectivity index (χ4n) is 1.73. The molecule has 0 aliphatic heterocycles. The van der Waals surface area contributed by atoms with E-state index < -0.39 is 11.5 Å². The van der Waals surface area contributed by atoms with Crippen LogP contribution in [0.5, 0.6) is 0 Å². The Bertz CT molecular complexity index is 564. The first-order valence-corrected chi connectivity index (χ1v) is 5.35. The van der Waals surface area contributed by atoms with Crippen molar-refractivity contribution in [2.24, 2.45) is 5.73 Å². The van der Waals surface area contributed by atoms with E-state index in [1.807, 2.05) is 30.3 Å². The van der Waals surface area contributed by atoms with Crippen LogP contribution >= 0.6 is 0 Å². The molecule has 0 radical (unpaired) electrons. The molecule has 2 aromatic rings. The Balaban J connectivity index is 2.34. The molecule has 0 aliphatic rings. The number of carbonyl (C=O) groups is 1. The molecule has 0 saturated heterocycles. The smallest absolute Gasteiger partial charge is 0.323 e. The molecular weight excluding hydrogens is 216 g/mol. The number of carboxylic acids is 1. The average molecular weight is 230 g/mol. The second kappa shape index (κ2) is 4.14. The number of carboxylic acid groups (broad SMARTS) is 1. The highest BCUT2D eigenvalue weighted by Crippen LogP contribution is 2.17. The lowest BCUT2D eigenvalue weighted by Crippen LogP contribution is -2.46. The molecule has 3 N–H and O–H groups in total. The molecule has 88 valence electrons. The summed E-state index contributed by atoms with van der Waals surface area (Å²) in [6, 6.07) is 9.47. The van der Waals surface area contributed by atoms with Gasteiger partial charge in [0.05, 0.1) is 5.52 Å². The number of nitrogens with two attached hydrogens (primary N) is 1. The fraction of sp³-hybridized carbons (Fsp3) is 0.231. The topological polar surface area (TPSA) is 76.2 Å². The van der Waals surface area contributed by atoms with E-state index in [0.29, 0.717) is 6.42 Å². The molecule has 4 heteroatoms. The van der Waals surface area contributed by atoms with Crippen LogP contribution in [-0.2, 0) is 11.2 Å². The third kappa shape index (κ3) is 2.42. The summed E-state index contributed by atoms with van der Waals surface area (Å²) in [6.45, 7) is 1.52. The van der Waals surface area contributed by atoms with Crippen molar-refractivity contribution < 1.29 is 9.90 Å². The van der Waals surface area contributed by atoms with Gasteiger partial charge in [0.15, 0.2) is 0 Å². The molecule has 0 bridgehead atoms. The van der Waals surface area contributed by atoms with Gasteiger partial charge in [-0.2, -0.15) is 0 Å². The molecule has 1 heterocycles. The molecule has 2 rings (SSSR count). The van der Waals surface area contributed by atoms with Crippen LogP contribution in [0.15, 0.2) is 36.5 Å². The second-order valence-electron chi connectivity index (χ2n) is 4.43. The minimum atomic E-state index is -1.24. The van der Waals surface area contributed by atoms with E-state index in [0.717, 1.165) is 16.5 Å². The Hall–Kier alpha value is -1.94. The molecule has 0 fully saturated rings. The highest BCUT2D eigenvalue weighted by Gasteiger charge is 2.27. The maximum absolute atomic E-state index is 11.0. The van der Waals surface area contributed by atoms with Crippen molar-refractivity contribution in [3.63, 3.8) is 0 Å². The number of fused-ring (bicyclic) bond motifs is 1. The monoisotopic (exact) mass is 230 g/mol. The zero-order valence-electron chi connectivity index (χ0n) is 9.55. The van der Waals surface area contributed by atoms with Gasteiger partial charge in [0.25, 0.3) is 0 Å². The molecule has 0 spiro atoms. The predicted octanol–water partition coefficient (Wildman–Crippen LogP) is 1.58. The van der Waals surface area contributed by atoms with Crippen molar-refractivity contribution in [1.29, 1.82) is 0 Å². The van der Waals surface area contributed by atoms with Crippen LogP contribution < -0.4 is 5.73 Å². The second-order valence-corrected chi connectivity index (χ2v) is 4.43. The minimum Gasteiger partial charge on any atom is -0.480 e. The summed E-state index contributed by atoms with van der Waals surface area (Å²) < 4.78 is 0. The van der Waals surface area contributed by atoms with Gasteiger partial charge >= 0.3 is 5.97 Å². The average Bonchev–Trinajstić information content (AvgIpc) is 2.28. The normalized spacial score (nSPS) is 14.5. The summed E-state index contributed by atoms with van der Waals surface area (Å²) in [5, 5.41) is 9.97. The van der Waals surface area contributed by atoms with Gasteiger partial charge in [0.1, 0.15) is 5.54 Å². The number of hydrogen-bond acceptors (Lipinski definition) is 3. The number of aliphatic carboxylic acids is 1. The van der Waals surface area contributed by atoms with Gasteiger partial charge in [-0.15, -0.1) is 0 Å². The maximum Gasteiger partial charge on any atom is 0.323 e. The van der Waals surface area contributed by atoms with E-state index in [9.17, 15) is 4.79 Å². The van der Waals surface area contributed by atoms with Crippen LogP contribution in [0.4, 0.5) is 0 Å². The first-order chi connectivity index (χ1) is 7.99. The first kappa shape index (κ1) is 11.5. The third-order valence-corrected chi connectivity index (χ3v) is 2.73. The van der Waals surface area contributed by atoms with Crippen LogP contribution in [-0.4, -0.2) is 21.6 Å². The lowest BCUT2D eigenvalue weighted by molar-refractivity contribution is -0.142. The highest BCUT2D eigenvalue weighted by atomic mass is 16.4. The molecule has 0 aliphatic carbocycles. The Kier molecular flexibility index (Phi) is 2.81. The Labute approximate surface area is 99.1 Å². The van der Waals surface area contributed by atoms with Crippen molar-refractivity contribution in [2.45, 2.75) is 18.9 Å². The Morgan fingerprint density at radius 3 is 2.94 bits per heavy atom. The van der Waals surface area contributed by atoms with Gasteiger partial charge in [-0.3, -0.25) is 9.78 Å². The van der Waals surface area contributed by atoms with Crippen LogP contribution in [0.3, 0.4) is 0 Å². The van der Waals surface area contributed by atoms with E-state index >= 15 is 0 Å². The van der Waals surface area contributed by atoms with Gasteiger partial charge in [-0.05, 0) is 30.7 Å². The molecule has 1 aromatic heterocycles. The number of benzene rings is 1. The summed E-state index contributed by atoms with van der Waals surface area (Å²) in [5.74, 6) is -0.996. The van der Waals surface area contributed by atoms with Crippen molar-refractivity contribution in [3.8, 4) is 0 Å². The van der Waals surface area contributed by atoms with Gasteiger partial charge in [0.2, 0.25) is 0 Å². The molecule has 1 atom stereocenters. The minimum absolute atomic E-state index is 0.299. The van der Waals surface area contributed by atoms with Gasteiger partial charge in [0, 0.05) is 18.0 Å². The number of aromatic nitrogens is 1. The Morgan fingerprint density at radius 2 is 2.24 bits per heavy atom. The lowest BCUT2D eigenvalue weighted by atomic mass is 9.93. The van der Waals surface area contributed by atoms with Crippen molar-refractivity contribution in [2.75, 3.05) is 0 Å². The fourth-order valence-corrected chi connectivity index (χ4v) is 1.73. The van der Waals surface area contributed by atoms with Crippen molar-refractivity contribution >= 4 is 16.9 Å². The van der Waals surface area contributed by atoms with E-state index in [1.165, 1.54) is 6.92 Å². The number of pyridine rings is 1. The summed E-state index contributed by atoms with van der Waals surface area (Å²) in [6.07, 6.45) is 2.03. The number of nitrogens with zero attached hydrogens (tertiary/aromatic N) is 1. The van der Waals surface area contributed by atoms with Crippen molar-refractivity contribution in [1.82, 2.24) is 4.98 Å². The molecule has 17 heavy (non-hydrogen) atoms. The molecule has 0 saturated carbocycles. The Morgan fingerprint density at radius 1 is 1.47 bits per heavy atom. The largest absolute Gasteiger partial charge is 0.480 e. The van der Waals surface area contributed by atoms with Gasteiger partial charge in [-0.25, -0.2) is 0 Å². The zero-order chi connectivity index (χ0) is 12.5. The van der Waals surface area contributed by atoms with Crippen LogP contribution in [0, 0.1) is 0 Å². The maximum atomic E-state index is 11.0. The highest BCUT2D eigenvalue weighted by molar-refractivity contribution is 5.81.